The lowest BCUT2D eigenvalue weighted by atomic mass is 10.0. The Morgan fingerprint density at radius 3 is 2.94 bits per heavy atom. The van der Waals surface area contributed by atoms with Crippen LogP contribution >= 0.6 is 0 Å². The number of hydrogen-bond donors (Lipinski definition) is 2. The number of rotatable bonds is 7. The summed E-state index contributed by atoms with van der Waals surface area (Å²) >= 11 is 0. The topological polar surface area (TPSA) is 88.8 Å². The van der Waals surface area contributed by atoms with Crippen molar-refractivity contribution in [3.63, 3.8) is 0 Å². The number of nitrogens with one attached hydrogen (secondary N) is 2. The van der Waals surface area contributed by atoms with Crippen molar-refractivity contribution in [2.75, 3.05) is 47.0 Å². The lowest BCUT2D eigenvalue weighted by Gasteiger charge is -2.35. The molecule has 174 valence electrons. The molecule has 0 bridgehead atoms. The van der Waals surface area contributed by atoms with Gasteiger partial charge in [-0.1, -0.05) is 29.8 Å². The van der Waals surface area contributed by atoms with Crippen LogP contribution in [0.15, 0.2) is 29.3 Å². The lowest BCUT2D eigenvalue weighted by Crippen LogP contribution is -2.50. The number of morpholine rings is 1. The fraction of sp³-hybridized carbons (Fsp3) is 0.609. The van der Waals surface area contributed by atoms with E-state index in [1.54, 1.807) is 7.11 Å². The van der Waals surface area contributed by atoms with E-state index in [2.05, 4.69) is 61.8 Å². The average Bonchev–Trinajstić information content (AvgIpc) is 3.21. The van der Waals surface area contributed by atoms with Gasteiger partial charge in [-0.15, -0.1) is 0 Å². The number of benzene rings is 1. The summed E-state index contributed by atoms with van der Waals surface area (Å²) in [5.41, 5.74) is 2.60. The predicted molar refractivity (Wildman–Crippen MR) is 124 cm³/mol. The number of aromatic nitrogens is 3. The summed E-state index contributed by atoms with van der Waals surface area (Å²) in [6, 6.07) is 9.31. The van der Waals surface area contributed by atoms with Crippen LogP contribution in [0.1, 0.15) is 35.2 Å². The van der Waals surface area contributed by atoms with Crippen molar-refractivity contribution in [2.24, 2.45) is 4.99 Å². The SMILES string of the molecule is CN=C(NCC(c1cccc(C)c1)N1CCOCC1)NC1CCc2nc(COC)nn2C1. The van der Waals surface area contributed by atoms with Gasteiger partial charge in [0.2, 0.25) is 0 Å². The van der Waals surface area contributed by atoms with Gasteiger partial charge in [0.25, 0.3) is 0 Å². The van der Waals surface area contributed by atoms with Crippen LogP contribution in [0.4, 0.5) is 0 Å². The molecule has 3 heterocycles. The van der Waals surface area contributed by atoms with E-state index in [-0.39, 0.29) is 12.1 Å². The van der Waals surface area contributed by atoms with Gasteiger partial charge in [-0.2, -0.15) is 5.10 Å². The molecule has 0 amide bonds. The van der Waals surface area contributed by atoms with Gasteiger partial charge in [0.15, 0.2) is 11.8 Å². The Bertz CT molecular complexity index is 907. The molecule has 2 aliphatic heterocycles. The Balaban J connectivity index is 1.38. The van der Waals surface area contributed by atoms with Crippen molar-refractivity contribution in [1.29, 1.82) is 0 Å². The highest BCUT2D eigenvalue weighted by Gasteiger charge is 2.25. The van der Waals surface area contributed by atoms with Gasteiger partial charge in [-0.25, -0.2) is 9.67 Å². The van der Waals surface area contributed by atoms with Gasteiger partial charge in [0.05, 0.1) is 25.8 Å². The zero-order chi connectivity index (χ0) is 22.3. The fourth-order valence-electron chi connectivity index (χ4n) is 4.47. The first-order valence-electron chi connectivity index (χ1n) is 11.4. The molecule has 2 atom stereocenters. The molecule has 32 heavy (non-hydrogen) atoms. The molecule has 4 rings (SSSR count). The van der Waals surface area contributed by atoms with Crippen LogP contribution in [0.2, 0.25) is 0 Å². The molecule has 2 N–H and O–H groups in total. The van der Waals surface area contributed by atoms with Crippen LogP contribution in [0, 0.1) is 6.92 Å². The van der Waals surface area contributed by atoms with E-state index < -0.39 is 0 Å². The number of hydrogen-bond acceptors (Lipinski definition) is 6. The second-order valence-corrected chi connectivity index (χ2v) is 8.47. The molecule has 1 aromatic carbocycles. The first-order chi connectivity index (χ1) is 15.7. The maximum Gasteiger partial charge on any atom is 0.191 e. The van der Waals surface area contributed by atoms with Gasteiger partial charge in [-0.3, -0.25) is 9.89 Å². The second kappa shape index (κ2) is 10.9. The van der Waals surface area contributed by atoms with Gasteiger partial charge in [0, 0.05) is 46.3 Å². The Labute approximate surface area is 190 Å². The smallest absolute Gasteiger partial charge is 0.191 e. The molecular formula is C23H35N7O2. The van der Waals surface area contributed by atoms with E-state index in [1.807, 2.05) is 11.7 Å². The number of ether oxygens (including phenoxy) is 2. The van der Waals surface area contributed by atoms with E-state index in [9.17, 15) is 0 Å². The zero-order valence-corrected chi connectivity index (χ0v) is 19.4. The van der Waals surface area contributed by atoms with Crippen LogP contribution in [0.5, 0.6) is 0 Å². The van der Waals surface area contributed by atoms with E-state index in [1.165, 1.54) is 11.1 Å². The first kappa shape index (κ1) is 22.7. The molecule has 2 unspecified atom stereocenters. The summed E-state index contributed by atoms with van der Waals surface area (Å²) in [6.07, 6.45) is 1.89. The molecule has 1 saturated heterocycles. The summed E-state index contributed by atoms with van der Waals surface area (Å²) < 4.78 is 12.7. The van der Waals surface area contributed by atoms with E-state index in [4.69, 9.17) is 9.47 Å². The number of guanidine groups is 1. The Hall–Kier alpha value is -2.49. The Morgan fingerprint density at radius 2 is 2.19 bits per heavy atom. The van der Waals surface area contributed by atoms with Crippen molar-refractivity contribution in [2.45, 2.75) is 45.0 Å². The number of nitrogens with zero attached hydrogens (tertiary/aromatic N) is 5. The van der Waals surface area contributed by atoms with Crippen LogP contribution in [-0.2, 0) is 29.0 Å². The highest BCUT2D eigenvalue weighted by Crippen LogP contribution is 2.22. The third kappa shape index (κ3) is 5.65. The summed E-state index contributed by atoms with van der Waals surface area (Å²) in [5.74, 6) is 2.60. The summed E-state index contributed by atoms with van der Waals surface area (Å²) in [5, 5.41) is 11.7. The summed E-state index contributed by atoms with van der Waals surface area (Å²) in [6.45, 7) is 7.59. The Kier molecular flexibility index (Phi) is 7.72. The number of fused-ring (bicyclic) bond motifs is 1. The lowest BCUT2D eigenvalue weighted by molar-refractivity contribution is 0.0170. The van der Waals surface area contributed by atoms with Crippen molar-refractivity contribution >= 4 is 5.96 Å². The summed E-state index contributed by atoms with van der Waals surface area (Å²) in [4.78, 5) is 11.5. The van der Waals surface area contributed by atoms with Crippen molar-refractivity contribution in [3.05, 3.63) is 47.0 Å². The first-order valence-corrected chi connectivity index (χ1v) is 11.4. The minimum absolute atomic E-state index is 0.256. The molecule has 0 radical (unpaired) electrons. The van der Waals surface area contributed by atoms with Crippen LogP contribution in [0.3, 0.4) is 0 Å². The number of aliphatic imine (C=N–C) groups is 1. The van der Waals surface area contributed by atoms with Crippen molar-refractivity contribution in [1.82, 2.24) is 30.3 Å². The van der Waals surface area contributed by atoms with Crippen LogP contribution < -0.4 is 10.6 Å². The molecular weight excluding hydrogens is 406 g/mol. The minimum atomic E-state index is 0.256. The van der Waals surface area contributed by atoms with Crippen LogP contribution in [0.25, 0.3) is 0 Å². The maximum atomic E-state index is 5.58. The molecule has 0 spiro atoms. The summed E-state index contributed by atoms with van der Waals surface area (Å²) in [7, 11) is 3.49. The van der Waals surface area contributed by atoms with E-state index in [0.717, 1.165) is 69.8 Å². The molecule has 9 heteroatoms. The molecule has 9 nitrogen and oxygen atoms in total. The monoisotopic (exact) mass is 441 g/mol. The van der Waals surface area contributed by atoms with Crippen LogP contribution in [-0.4, -0.2) is 78.7 Å². The van der Waals surface area contributed by atoms with Crippen molar-refractivity contribution in [3.8, 4) is 0 Å². The quantitative estimate of drug-likeness (QED) is 0.494. The fourth-order valence-corrected chi connectivity index (χ4v) is 4.47. The van der Waals surface area contributed by atoms with Gasteiger partial charge >= 0.3 is 0 Å². The van der Waals surface area contributed by atoms with Gasteiger partial charge < -0.3 is 20.1 Å². The predicted octanol–water partition coefficient (Wildman–Crippen LogP) is 1.29. The largest absolute Gasteiger partial charge is 0.379 e. The maximum absolute atomic E-state index is 5.58. The molecule has 1 aromatic heterocycles. The molecule has 2 aromatic rings. The van der Waals surface area contributed by atoms with E-state index in [0.29, 0.717) is 6.61 Å². The van der Waals surface area contributed by atoms with Gasteiger partial charge in [-0.05, 0) is 18.9 Å². The number of methoxy groups -OCH3 is 1. The average molecular weight is 442 g/mol. The molecule has 0 saturated carbocycles. The second-order valence-electron chi connectivity index (χ2n) is 8.47. The third-order valence-electron chi connectivity index (χ3n) is 6.12. The normalized spacial score (nSPS) is 20.6. The Morgan fingerprint density at radius 1 is 1.34 bits per heavy atom. The molecule has 0 aliphatic carbocycles. The molecule has 2 aliphatic rings. The zero-order valence-electron chi connectivity index (χ0n) is 19.4. The van der Waals surface area contributed by atoms with Crippen molar-refractivity contribution < 1.29 is 9.47 Å². The molecule has 1 fully saturated rings. The minimum Gasteiger partial charge on any atom is -0.379 e. The van der Waals surface area contributed by atoms with E-state index >= 15 is 0 Å². The standard InChI is InChI=1S/C23H35N7O2/c1-17-5-4-6-18(13-17)20(29-9-11-32-12-10-29)14-25-23(24-2)26-19-7-8-22-27-21(16-31-3)28-30(22)15-19/h4-6,13,19-20H,7-12,14-16H2,1-3H3,(H2,24,25,26). The highest BCUT2D eigenvalue weighted by atomic mass is 16.5. The third-order valence-corrected chi connectivity index (χ3v) is 6.12. The highest BCUT2D eigenvalue weighted by molar-refractivity contribution is 5.80. The number of aryl methyl sites for hydroxylation is 2. The van der Waals surface area contributed by atoms with Gasteiger partial charge in [0.1, 0.15) is 12.4 Å².